The average molecular weight is 292 g/mol. The SMILES string of the molecule is CCOP(=S)(OC)Oc1ccc(SC)c(C)c1. The minimum absolute atomic E-state index is 0.479. The molecule has 1 rings (SSSR count). The van der Waals surface area contributed by atoms with Crippen LogP contribution < -0.4 is 4.52 Å². The summed E-state index contributed by atoms with van der Waals surface area (Å²) in [4.78, 5) is 1.22. The van der Waals surface area contributed by atoms with Crippen LogP contribution in [0.5, 0.6) is 5.75 Å². The number of benzene rings is 1. The van der Waals surface area contributed by atoms with Gasteiger partial charge >= 0.3 is 6.72 Å². The number of rotatable bonds is 6. The Balaban J connectivity index is 2.87. The summed E-state index contributed by atoms with van der Waals surface area (Å²) in [6.07, 6.45) is 2.04. The fourth-order valence-electron chi connectivity index (χ4n) is 1.31. The van der Waals surface area contributed by atoms with Crippen LogP contribution in [-0.2, 0) is 20.9 Å². The van der Waals surface area contributed by atoms with Crippen LogP contribution in [0, 0.1) is 6.92 Å². The highest BCUT2D eigenvalue weighted by atomic mass is 32.5. The van der Waals surface area contributed by atoms with Crippen molar-refractivity contribution in [3.63, 3.8) is 0 Å². The van der Waals surface area contributed by atoms with Crippen LogP contribution in [0.3, 0.4) is 0 Å². The van der Waals surface area contributed by atoms with E-state index in [0.29, 0.717) is 12.4 Å². The molecule has 1 aromatic carbocycles. The lowest BCUT2D eigenvalue weighted by Crippen LogP contribution is -1.99. The van der Waals surface area contributed by atoms with Crippen LogP contribution in [0.1, 0.15) is 12.5 Å². The summed E-state index contributed by atoms with van der Waals surface area (Å²) >= 11 is 6.93. The Bertz CT molecular complexity index is 423. The lowest BCUT2D eigenvalue weighted by Gasteiger charge is -2.20. The molecule has 0 aliphatic rings. The smallest absolute Gasteiger partial charge is 0.380 e. The first-order valence-electron chi connectivity index (χ1n) is 5.19. The highest BCUT2D eigenvalue weighted by Crippen LogP contribution is 2.49. The van der Waals surface area contributed by atoms with Crippen molar-refractivity contribution in [1.82, 2.24) is 0 Å². The van der Waals surface area contributed by atoms with Gasteiger partial charge in [-0.2, -0.15) is 0 Å². The molecule has 1 atom stereocenters. The molecule has 3 nitrogen and oxygen atoms in total. The zero-order valence-electron chi connectivity index (χ0n) is 10.4. The van der Waals surface area contributed by atoms with Gasteiger partial charge in [0.2, 0.25) is 0 Å². The molecule has 17 heavy (non-hydrogen) atoms. The van der Waals surface area contributed by atoms with Crippen molar-refractivity contribution in [3.05, 3.63) is 23.8 Å². The highest BCUT2D eigenvalue weighted by Gasteiger charge is 2.19. The van der Waals surface area contributed by atoms with Gasteiger partial charge in [-0.3, -0.25) is 4.52 Å². The zero-order chi connectivity index (χ0) is 12.9. The average Bonchev–Trinajstić information content (AvgIpc) is 2.29. The molecule has 0 bridgehead atoms. The third-order valence-electron chi connectivity index (χ3n) is 2.09. The molecular weight excluding hydrogens is 275 g/mol. The summed E-state index contributed by atoms with van der Waals surface area (Å²) in [5.74, 6) is 0.693. The summed E-state index contributed by atoms with van der Waals surface area (Å²) < 4.78 is 16.2. The van der Waals surface area contributed by atoms with E-state index in [4.69, 9.17) is 25.4 Å². The Morgan fingerprint density at radius 1 is 1.41 bits per heavy atom. The van der Waals surface area contributed by atoms with Gasteiger partial charge in [-0.25, -0.2) is 0 Å². The first-order chi connectivity index (χ1) is 8.04. The monoisotopic (exact) mass is 292 g/mol. The van der Waals surface area contributed by atoms with Gasteiger partial charge in [0.1, 0.15) is 5.75 Å². The van der Waals surface area contributed by atoms with Crippen molar-refractivity contribution in [2.24, 2.45) is 0 Å². The molecule has 0 N–H and O–H groups in total. The van der Waals surface area contributed by atoms with Gasteiger partial charge in [0, 0.05) is 23.8 Å². The first kappa shape index (κ1) is 15.0. The Morgan fingerprint density at radius 2 is 2.12 bits per heavy atom. The number of hydrogen-bond donors (Lipinski definition) is 0. The van der Waals surface area contributed by atoms with Crippen molar-refractivity contribution < 1.29 is 13.6 Å². The molecule has 0 saturated carbocycles. The third kappa shape index (κ3) is 4.27. The number of hydrogen-bond acceptors (Lipinski definition) is 5. The Kier molecular flexibility index (Phi) is 5.97. The summed E-state index contributed by atoms with van der Waals surface area (Å²) in [6.45, 7) is 1.74. The van der Waals surface area contributed by atoms with E-state index >= 15 is 0 Å². The first-order valence-corrected chi connectivity index (χ1v) is 8.97. The second kappa shape index (κ2) is 6.76. The molecule has 96 valence electrons. The molecule has 0 heterocycles. The second-order valence-corrected chi connectivity index (χ2v) is 7.16. The topological polar surface area (TPSA) is 27.7 Å². The molecule has 1 aromatic rings. The van der Waals surface area contributed by atoms with Gasteiger partial charge in [0.25, 0.3) is 0 Å². The maximum atomic E-state index is 5.64. The Morgan fingerprint density at radius 3 is 2.59 bits per heavy atom. The van der Waals surface area contributed by atoms with Crippen molar-refractivity contribution in [1.29, 1.82) is 0 Å². The van der Waals surface area contributed by atoms with Crippen LogP contribution >= 0.6 is 18.5 Å². The second-order valence-electron chi connectivity index (χ2n) is 3.27. The largest absolute Gasteiger partial charge is 0.424 e. The zero-order valence-corrected chi connectivity index (χ0v) is 13.0. The van der Waals surface area contributed by atoms with Gasteiger partial charge < -0.3 is 9.05 Å². The number of thioether (sulfide) groups is 1. The molecule has 0 aromatic heterocycles. The van der Waals surface area contributed by atoms with Crippen LogP contribution in [0.4, 0.5) is 0 Å². The molecule has 0 fully saturated rings. The molecule has 6 heteroatoms. The van der Waals surface area contributed by atoms with Crippen molar-refractivity contribution in [2.45, 2.75) is 18.7 Å². The predicted octanol–water partition coefficient (Wildman–Crippen LogP) is 4.00. The highest BCUT2D eigenvalue weighted by molar-refractivity contribution is 8.07. The van der Waals surface area contributed by atoms with E-state index in [9.17, 15) is 0 Å². The van der Waals surface area contributed by atoms with Gasteiger partial charge in [-0.05, 0) is 43.9 Å². The third-order valence-corrected chi connectivity index (χ3v) is 5.44. The van der Waals surface area contributed by atoms with Gasteiger partial charge in [0.05, 0.1) is 6.61 Å². The molecule has 0 radical (unpaired) electrons. The molecule has 0 amide bonds. The molecule has 0 aliphatic heterocycles. The Hall–Kier alpha value is -0.0600. The molecule has 0 saturated heterocycles. The minimum Gasteiger partial charge on any atom is -0.424 e. The van der Waals surface area contributed by atoms with E-state index in [-0.39, 0.29) is 0 Å². The Labute approximate surface area is 112 Å². The van der Waals surface area contributed by atoms with Crippen LogP contribution in [0.2, 0.25) is 0 Å². The predicted molar refractivity (Wildman–Crippen MR) is 76.5 cm³/mol. The van der Waals surface area contributed by atoms with Gasteiger partial charge in [0.15, 0.2) is 0 Å². The van der Waals surface area contributed by atoms with E-state index in [2.05, 4.69) is 0 Å². The van der Waals surface area contributed by atoms with E-state index in [1.54, 1.807) is 11.8 Å². The maximum absolute atomic E-state index is 5.64. The van der Waals surface area contributed by atoms with Gasteiger partial charge in [-0.1, -0.05) is 0 Å². The summed E-state index contributed by atoms with van der Waals surface area (Å²) in [6, 6.07) is 5.85. The standard InChI is InChI=1S/C11H17O3PS2/c1-5-13-15(16,12-3)14-10-6-7-11(17-4)9(2)8-10/h6-8H,5H2,1-4H3. The summed E-state index contributed by atoms with van der Waals surface area (Å²) in [5, 5.41) is 0. The van der Waals surface area contributed by atoms with Crippen molar-refractivity contribution >= 4 is 30.3 Å². The molecule has 1 unspecified atom stereocenters. The molecule has 0 aliphatic carbocycles. The lowest BCUT2D eigenvalue weighted by molar-refractivity contribution is 0.242. The van der Waals surface area contributed by atoms with Gasteiger partial charge in [-0.15, -0.1) is 11.8 Å². The van der Waals surface area contributed by atoms with Crippen LogP contribution in [0.25, 0.3) is 0 Å². The molecule has 0 spiro atoms. The van der Waals surface area contributed by atoms with E-state index in [0.717, 1.165) is 5.56 Å². The normalized spacial score (nSPS) is 14.4. The van der Waals surface area contributed by atoms with Crippen molar-refractivity contribution in [3.8, 4) is 5.75 Å². The van der Waals surface area contributed by atoms with Crippen molar-refractivity contribution in [2.75, 3.05) is 20.0 Å². The van der Waals surface area contributed by atoms with E-state index in [1.807, 2.05) is 38.3 Å². The number of aryl methyl sites for hydroxylation is 1. The van der Waals surface area contributed by atoms with Crippen LogP contribution in [0.15, 0.2) is 23.1 Å². The lowest BCUT2D eigenvalue weighted by atomic mass is 10.2. The summed E-state index contributed by atoms with van der Waals surface area (Å²) in [5.41, 5.74) is 1.16. The van der Waals surface area contributed by atoms with Crippen LogP contribution in [-0.4, -0.2) is 20.0 Å². The maximum Gasteiger partial charge on any atom is 0.380 e. The van der Waals surface area contributed by atoms with E-state index in [1.165, 1.54) is 12.0 Å². The summed E-state index contributed by atoms with van der Waals surface area (Å²) in [7, 11) is 1.51. The minimum atomic E-state index is -2.64. The fraction of sp³-hybridized carbons (Fsp3) is 0.455. The quantitative estimate of drug-likeness (QED) is 0.583. The fourth-order valence-corrected chi connectivity index (χ4v) is 3.39. The van der Waals surface area contributed by atoms with E-state index < -0.39 is 6.72 Å². The molecular formula is C11H17O3PS2.